The van der Waals surface area contributed by atoms with Crippen LogP contribution in [0.2, 0.25) is 0 Å². The summed E-state index contributed by atoms with van der Waals surface area (Å²) < 4.78 is 29.9. The molecule has 164 valence electrons. The molecule has 3 rings (SSSR count). The molecule has 1 amide bonds. The van der Waals surface area contributed by atoms with Gasteiger partial charge in [-0.25, -0.2) is 8.78 Å². The molecular weight excluding hydrogens is 360 g/mol. The number of carbonyl (C=O) groups is 1. The van der Waals surface area contributed by atoms with Crippen molar-refractivity contribution in [3.8, 4) is 0 Å². The van der Waals surface area contributed by atoms with Crippen LogP contribution in [0.5, 0.6) is 0 Å². The smallest absolute Gasteiger partial charge is 0.266 e. The maximum atomic E-state index is 14.9. The van der Waals surface area contributed by atoms with E-state index in [1.807, 2.05) is 30.6 Å². The van der Waals surface area contributed by atoms with E-state index in [2.05, 4.69) is 11.8 Å². The van der Waals surface area contributed by atoms with Crippen LogP contribution in [-0.4, -0.2) is 78.9 Å². The number of likely N-dealkylation sites (tertiary alicyclic amines) is 3. The van der Waals surface area contributed by atoms with E-state index in [4.69, 9.17) is 0 Å². The maximum absolute atomic E-state index is 14.9. The second kappa shape index (κ2) is 10.3. The van der Waals surface area contributed by atoms with E-state index in [9.17, 15) is 13.6 Å². The van der Waals surface area contributed by atoms with Crippen molar-refractivity contribution < 1.29 is 13.6 Å². The number of carbonyl (C=O) groups excluding carboxylic acids is 1. The number of halogens is 2. The zero-order chi connectivity index (χ0) is 20.8. The van der Waals surface area contributed by atoms with Crippen LogP contribution in [0.1, 0.15) is 66.2 Å². The summed E-state index contributed by atoms with van der Waals surface area (Å²) in [6, 6.07) is 0. The standard InChI is InChI=1S/C20H35F2N3O.C2H6/c1-3-9-24-13-8-19(20(21,22)16-24)6-11-23(12-7-19)14-17-5-10-25(15-17)18(26)4-2;1-2/h17H,3-16H2,1-2H3;1-2H3. The van der Waals surface area contributed by atoms with E-state index in [-0.39, 0.29) is 12.5 Å². The fourth-order valence-electron chi connectivity index (χ4n) is 5.17. The summed E-state index contributed by atoms with van der Waals surface area (Å²) in [5.74, 6) is -1.82. The SMILES string of the molecule is CC.CCCN1CCC2(CCN(CC3CCN(C(=O)CC)C3)CC2)C(F)(F)C1. The van der Waals surface area contributed by atoms with E-state index >= 15 is 0 Å². The summed E-state index contributed by atoms with van der Waals surface area (Å²) in [5, 5.41) is 0. The first-order chi connectivity index (χ1) is 13.4. The lowest BCUT2D eigenvalue weighted by Crippen LogP contribution is -2.59. The van der Waals surface area contributed by atoms with Crippen LogP contribution in [0.4, 0.5) is 8.78 Å². The predicted octanol–water partition coefficient (Wildman–Crippen LogP) is 4.10. The Morgan fingerprint density at radius 3 is 2.18 bits per heavy atom. The molecule has 0 aliphatic carbocycles. The molecule has 0 bridgehead atoms. The van der Waals surface area contributed by atoms with Crippen molar-refractivity contribution in [2.75, 3.05) is 52.4 Å². The molecule has 0 aromatic carbocycles. The van der Waals surface area contributed by atoms with Crippen molar-refractivity contribution in [3.63, 3.8) is 0 Å². The van der Waals surface area contributed by atoms with Crippen LogP contribution >= 0.6 is 0 Å². The van der Waals surface area contributed by atoms with Crippen molar-refractivity contribution in [3.05, 3.63) is 0 Å². The van der Waals surface area contributed by atoms with Crippen molar-refractivity contribution >= 4 is 5.91 Å². The van der Waals surface area contributed by atoms with Gasteiger partial charge < -0.3 is 9.80 Å². The Balaban J connectivity index is 0.00000136. The second-order valence-electron chi connectivity index (χ2n) is 8.66. The Hall–Kier alpha value is -0.750. The number of rotatable bonds is 5. The molecule has 3 aliphatic rings. The molecule has 0 radical (unpaired) electrons. The Kier molecular flexibility index (Phi) is 8.68. The highest BCUT2D eigenvalue weighted by atomic mass is 19.3. The lowest BCUT2D eigenvalue weighted by atomic mass is 9.68. The van der Waals surface area contributed by atoms with Gasteiger partial charge in [-0.2, -0.15) is 0 Å². The predicted molar refractivity (Wildman–Crippen MR) is 111 cm³/mol. The van der Waals surface area contributed by atoms with Gasteiger partial charge in [0.25, 0.3) is 5.92 Å². The number of hydrogen-bond donors (Lipinski definition) is 0. The first-order valence-corrected chi connectivity index (χ1v) is 11.5. The van der Waals surface area contributed by atoms with Gasteiger partial charge in [0.2, 0.25) is 5.91 Å². The first-order valence-electron chi connectivity index (χ1n) is 11.5. The third-order valence-corrected chi connectivity index (χ3v) is 6.92. The molecule has 3 aliphatic heterocycles. The molecule has 0 aromatic rings. The van der Waals surface area contributed by atoms with Crippen molar-refractivity contribution in [2.24, 2.45) is 11.3 Å². The van der Waals surface area contributed by atoms with Crippen LogP contribution < -0.4 is 0 Å². The van der Waals surface area contributed by atoms with Gasteiger partial charge in [0.1, 0.15) is 0 Å². The van der Waals surface area contributed by atoms with Gasteiger partial charge in [0.15, 0.2) is 0 Å². The van der Waals surface area contributed by atoms with Gasteiger partial charge in [-0.3, -0.25) is 9.69 Å². The summed E-state index contributed by atoms with van der Waals surface area (Å²) in [6.07, 6.45) is 4.43. The van der Waals surface area contributed by atoms with Crippen molar-refractivity contribution in [1.29, 1.82) is 0 Å². The summed E-state index contributed by atoms with van der Waals surface area (Å²) in [4.78, 5) is 18.1. The normalized spacial score (nSPS) is 27.5. The summed E-state index contributed by atoms with van der Waals surface area (Å²) in [5.41, 5.74) is -0.784. The monoisotopic (exact) mass is 401 g/mol. The van der Waals surface area contributed by atoms with Gasteiger partial charge in [0, 0.05) is 31.5 Å². The molecule has 0 saturated carbocycles. The number of piperidine rings is 2. The second-order valence-corrected chi connectivity index (χ2v) is 8.66. The summed E-state index contributed by atoms with van der Waals surface area (Å²) in [7, 11) is 0. The highest BCUT2D eigenvalue weighted by molar-refractivity contribution is 5.76. The van der Waals surface area contributed by atoms with Crippen LogP contribution in [0, 0.1) is 11.3 Å². The Bertz CT molecular complexity index is 492. The largest absolute Gasteiger partial charge is 0.342 e. The minimum atomic E-state index is -2.57. The summed E-state index contributed by atoms with van der Waals surface area (Å²) >= 11 is 0. The topological polar surface area (TPSA) is 26.8 Å². The Morgan fingerprint density at radius 2 is 1.61 bits per heavy atom. The Morgan fingerprint density at radius 1 is 1.00 bits per heavy atom. The molecule has 1 unspecified atom stereocenters. The molecule has 1 atom stereocenters. The molecule has 3 saturated heterocycles. The average Bonchev–Trinajstić information content (AvgIpc) is 3.16. The maximum Gasteiger partial charge on any atom is 0.266 e. The molecule has 28 heavy (non-hydrogen) atoms. The molecule has 4 nitrogen and oxygen atoms in total. The van der Waals surface area contributed by atoms with Gasteiger partial charge in [-0.05, 0) is 64.2 Å². The molecule has 6 heteroatoms. The van der Waals surface area contributed by atoms with Crippen LogP contribution in [-0.2, 0) is 4.79 Å². The molecule has 0 N–H and O–H groups in total. The average molecular weight is 402 g/mol. The van der Waals surface area contributed by atoms with Gasteiger partial charge in [-0.1, -0.05) is 27.7 Å². The third-order valence-electron chi connectivity index (χ3n) is 6.92. The summed E-state index contributed by atoms with van der Waals surface area (Å²) in [6.45, 7) is 13.7. The molecule has 3 fully saturated rings. The van der Waals surface area contributed by atoms with Gasteiger partial charge in [-0.15, -0.1) is 0 Å². The molecular formula is C22H41F2N3O. The fourth-order valence-corrected chi connectivity index (χ4v) is 5.17. The Labute approximate surface area is 170 Å². The zero-order valence-corrected chi connectivity index (χ0v) is 18.5. The highest BCUT2D eigenvalue weighted by Gasteiger charge is 2.57. The van der Waals surface area contributed by atoms with E-state index in [0.29, 0.717) is 31.6 Å². The number of alkyl halides is 2. The van der Waals surface area contributed by atoms with E-state index in [1.54, 1.807) is 0 Å². The molecule has 3 heterocycles. The molecule has 0 aromatic heterocycles. The van der Waals surface area contributed by atoms with Crippen LogP contribution in [0.15, 0.2) is 0 Å². The van der Waals surface area contributed by atoms with Gasteiger partial charge >= 0.3 is 0 Å². The third kappa shape index (κ3) is 5.24. The van der Waals surface area contributed by atoms with Crippen LogP contribution in [0.25, 0.3) is 0 Å². The van der Waals surface area contributed by atoms with E-state index in [1.165, 1.54) is 0 Å². The lowest BCUT2D eigenvalue weighted by molar-refractivity contribution is -0.187. The number of amides is 1. The quantitative estimate of drug-likeness (QED) is 0.694. The van der Waals surface area contributed by atoms with Gasteiger partial charge in [0.05, 0.1) is 6.54 Å². The first kappa shape index (κ1) is 23.5. The van der Waals surface area contributed by atoms with E-state index in [0.717, 1.165) is 58.7 Å². The number of nitrogens with zero attached hydrogens (tertiary/aromatic N) is 3. The fraction of sp³-hybridized carbons (Fsp3) is 0.955. The minimum absolute atomic E-state index is 0.0580. The van der Waals surface area contributed by atoms with Crippen molar-refractivity contribution in [1.82, 2.24) is 14.7 Å². The van der Waals surface area contributed by atoms with E-state index < -0.39 is 11.3 Å². The van der Waals surface area contributed by atoms with Crippen LogP contribution in [0.3, 0.4) is 0 Å². The molecule has 1 spiro atoms. The highest BCUT2D eigenvalue weighted by Crippen LogP contribution is 2.50. The minimum Gasteiger partial charge on any atom is -0.342 e. The zero-order valence-electron chi connectivity index (χ0n) is 18.5. The number of hydrogen-bond acceptors (Lipinski definition) is 3. The van der Waals surface area contributed by atoms with Crippen molar-refractivity contribution in [2.45, 2.75) is 72.1 Å². The lowest BCUT2D eigenvalue weighted by Gasteiger charge is -2.51.